The molecule has 0 bridgehead atoms. The molecule has 18 heavy (non-hydrogen) atoms. The molecule has 0 unspecified atom stereocenters. The van der Waals surface area contributed by atoms with Crippen molar-refractivity contribution in [3.8, 4) is 11.6 Å². The third kappa shape index (κ3) is 2.05. The zero-order valence-corrected chi connectivity index (χ0v) is 9.37. The smallest absolute Gasteiger partial charge is 0.239 e. The van der Waals surface area contributed by atoms with Crippen LogP contribution in [0.5, 0.6) is 0 Å². The third-order valence-corrected chi connectivity index (χ3v) is 2.40. The van der Waals surface area contributed by atoms with Crippen molar-refractivity contribution in [3.05, 3.63) is 42.0 Å². The van der Waals surface area contributed by atoms with Crippen LogP contribution < -0.4 is 5.73 Å². The van der Waals surface area contributed by atoms with Crippen molar-refractivity contribution >= 4 is 5.69 Å². The number of H-pyrrole nitrogens is 1. The second kappa shape index (κ2) is 4.28. The summed E-state index contributed by atoms with van der Waals surface area (Å²) in [6.45, 7) is 0. The van der Waals surface area contributed by atoms with Crippen LogP contribution in [0.4, 0.5) is 5.69 Å². The molecule has 2 heterocycles. The van der Waals surface area contributed by atoms with Gasteiger partial charge in [0.2, 0.25) is 11.7 Å². The molecule has 0 atom stereocenters. The first-order valence-electron chi connectivity index (χ1n) is 5.34. The van der Waals surface area contributed by atoms with Crippen molar-refractivity contribution in [2.24, 2.45) is 0 Å². The molecule has 3 N–H and O–H groups in total. The van der Waals surface area contributed by atoms with Crippen LogP contribution in [0.25, 0.3) is 11.6 Å². The molecule has 0 saturated heterocycles. The Hall–Kier alpha value is -2.70. The lowest BCUT2D eigenvalue weighted by atomic mass is 10.1. The number of nitrogens with zero attached hydrogens (tertiary/aromatic N) is 4. The lowest BCUT2D eigenvalue weighted by molar-refractivity contribution is 0.385. The molecule has 7 nitrogen and oxygen atoms in total. The van der Waals surface area contributed by atoms with Gasteiger partial charge in [-0.05, 0) is 17.7 Å². The maximum atomic E-state index is 5.70. The predicted molar refractivity (Wildman–Crippen MR) is 63.3 cm³/mol. The number of aromatic nitrogens is 5. The summed E-state index contributed by atoms with van der Waals surface area (Å²) >= 11 is 0. The maximum absolute atomic E-state index is 5.70. The molecule has 0 radical (unpaired) electrons. The van der Waals surface area contributed by atoms with Gasteiger partial charge in [0.15, 0.2) is 5.82 Å². The monoisotopic (exact) mass is 242 g/mol. The normalized spacial score (nSPS) is 10.7. The molecule has 3 rings (SSSR count). The molecule has 0 saturated carbocycles. The highest BCUT2D eigenvalue weighted by atomic mass is 16.5. The van der Waals surface area contributed by atoms with Crippen molar-refractivity contribution in [1.29, 1.82) is 0 Å². The number of rotatable bonds is 3. The van der Waals surface area contributed by atoms with E-state index in [1.165, 1.54) is 6.33 Å². The van der Waals surface area contributed by atoms with Gasteiger partial charge in [-0.3, -0.25) is 5.10 Å². The fraction of sp³-hybridized carbons (Fsp3) is 0.0909. The zero-order valence-electron chi connectivity index (χ0n) is 9.37. The van der Waals surface area contributed by atoms with Gasteiger partial charge >= 0.3 is 0 Å². The summed E-state index contributed by atoms with van der Waals surface area (Å²) in [6, 6.07) is 7.54. The van der Waals surface area contributed by atoms with Crippen LogP contribution in [0, 0.1) is 0 Å². The van der Waals surface area contributed by atoms with Gasteiger partial charge in [0.1, 0.15) is 6.33 Å². The van der Waals surface area contributed by atoms with Crippen molar-refractivity contribution in [1.82, 2.24) is 25.3 Å². The van der Waals surface area contributed by atoms with E-state index in [-0.39, 0.29) is 0 Å². The van der Waals surface area contributed by atoms with Crippen LogP contribution >= 0.6 is 0 Å². The number of benzene rings is 1. The van der Waals surface area contributed by atoms with Gasteiger partial charge in [0.05, 0.1) is 6.42 Å². The quantitative estimate of drug-likeness (QED) is 0.664. The molecule has 0 aliphatic carbocycles. The van der Waals surface area contributed by atoms with E-state index >= 15 is 0 Å². The SMILES string of the molecule is Nc1cccc(Cc2nc(-c3ncn[nH]3)no2)c1. The Morgan fingerprint density at radius 3 is 3.06 bits per heavy atom. The lowest BCUT2D eigenvalue weighted by Gasteiger charge is -1.97. The Balaban J connectivity index is 1.82. The highest BCUT2D eigenvalue weighted by Crippen LogP contribution is 2.14. The van der Waals surface area contributed by atoms with Crippen molar-refractivity contribution in [3.63, 3.8) is 0 Å². The van der Waals surface area contributed by atoms with E-state index in [1.807, 2.05) is 24.3 Å². The second-order valence-corrected chi connectivity index (χ2v) is 3.77. The van der Waals surface area contributed by atoms with Crippen molar-refractivity contribution < 1.29 is 4.52 Å². The van der Waals surface area contributed by atoms with Crippen LogP contribution in [0.1, 0.15) is 11.5 Å². The Labute approximate surface area is 102 Å². The number of hydrogen-bond acceptors (Lipinski definition) is 6. The average molecular weight is 242 g/mol. The summed E-state index contributed by atoms with van der Waals surface area (Å²) in [4.78, 5) is 8.17. The molecular weight excluding hydrogens is 232 g/mol. The highest BCUT2D eigenvalue weighted by molar-refractivity contribution is 5.42. The van der Waals surface area contributed by atoms with Crippen LogP contribution in [-0.2, 0) is 6.42 Å². The van der Waals surface area contributed by atoms with Gasteiger partial charge in [-0.1, -0.05) is 17.3 Å². The third-order valence-electron chi connectivity index (χ3n) is 2.40. The number of nitrogen functional groups attached to an aromatic ring is 1. The van der Waals surface area contributed by atoms with Crippen LogP contribution in [0.15, 0.2) is 35.1 Å². The Morgan fingerprint density at radius 2 is 2.28 bits per heavy atom. The van der Waals surface area contributed by atoms with E-state index in [1.54, 1.807) is 0 Å². The van der Waals surface area contributed by atoms with Crippen LogP contribution in [-0.4, -0.2) is 25.3 Å². The Bertz CT molecular complexity index is 645. The minimum absolute atomic E-state index is 0.395. The summed E-state index contributed by atoms with van der Waals surface area (Å²) in [7, 11) is 0. The first-order chi connectivity index (χ1) is 8.81. The first-order valence-corrected chi connectivity index (χ1v) is 5.34. The fourth-order valence-electron chi connectivity index (χ4n) is 1.61. The number of hydrogen-bond donors (Lipinski definition) is 2. The molecule has 90 valence electrons. The van der Waals surface area contributed by atoms with Gasteiger partial charge < -0.3 is 10.3 Å². The van der Waals surface area contributed by atoms with Crippen molar-refractivity contribution in [2.45, 2.75) is 6.42 Å². The van der Waals surface area contributed by atoms with Crippen molar-refractivity contribution in [2.75, 3.05) is 5.73 Å². The molecule has 7 heteroatoms. The summed E-state index contributed by atoms with van der Waals surface area (Å²) < 4.78 is 5.14. The number of nitrogens with two attached hydrogens (primary N) is 1. The number of nitrogens with one attached hydrogen (secondary N) is 1. The molecular formula is C11H10N6O. The van der Waals surface area contributed by atoms with E-state index < -0.39 is 0 Å². The highest BCUT2D eigenvalue weighted by Gasteiger charge is 2.11. The summed E-state index contributed by atoms with van der Waals surface area (Å²) in [5.41, 5.74) is 7.43. The molecule has 0 spiro atoms. The Morgan fingerprint density at radius 1 is 1.33 bits per heavy atom. The standard InChI is InChI=1S/C11H10N6O/c12-8-3-1-2-7(4-8)5-9-15-11(17-18-9)10-13-6-14-16-10/h1-4,6H,5,12H2,(H,13,14,16). The molecule has 2 aromatic heterocycles. The van der Waals surface area contributed by atoms with E-state index in [2.05, 4.69) is 25.3 Å². The van der Waals surface area contributed by atoms with Gasteiger partial charge in [0, 0.05) is 5.69 Å². The molecule has 0 fully saturated rings. The number of aromatic amines is 1. The van der Waals surface area contributed by atoms with Crippen LogP contribution in [0.2, 0.25) is 0 Å². The minimum atomic E-state index is 0.395. The Kier molecular flexibility index (Phi) is 2.49. The fourth-order valence-corrected chi connectivity index (χ4v) is 1.61. The van der Waals surface area contributed by atoms with Crippen LogP contribution in [0.3, 0.4) is 0 Å². The summed E-state index contributed by atoms with van der Waals surface area (Å²) in [5.74, 6) is 1.39. The summed E-state index contributed by atoms with van der Waals surface area (Å²) in [5, 5.41) is 10.2. The lowest BCUT2D eigenvalue weighted by Crippen LogP contribution is -1.91. The van der Waals surface area contributed by atoms with E-state index in [0.29, 0.717) is 29.6 Å². The zero-order chi connectivity index (χ0) is 12.4. The van der Waals surface area contributed by atoms with Gasteiger partial charge in [-0.25, -0.2) is 4.98 Å². The largest absolute Gasteiger partial charge is 0.399 e. The minimum Gasteiger partial charge on any atom is -0.399 e. The summed E-state index contributed by atoms with van der Waals surface area (Å²) in [6.07, 6.45) is 1.93. The van der Waals surface area contributed by atoms with E-state index in [4.69, 9.17) is 10.3 Å². The second-order valence-electron chi connectivity index (χ2n) is 3.77. The molecule has 0 aliphatic heterocycles. The molecule has 3 aromatic rings. The molecule has 1 aromatic carbocycles. The maximum Gasteiger partial charge on any atom is 0.239 e. The first kappa shape index (κ1) is 10.5. The molecule has 0 aliphatic rings. The van der Waals surface area contributed by atoms with Gasteiger partial charge in [0.25, 0.3) is 0 Å². The molecule has 0 amide bonds. The predicted octanol–water partition coefficient (Wildman–Crippen LogP) is 1.03. The average Bonchev–Trinajstić information content (AvgIpc) is 2.98. The number of anilines is 1. The van der Waals surface area contributed by atoms with Gasteiger partial charge in [-0.2, -0.15) is 10.1 Å². The van der Waals surface area contributed by atoms with E-state index in [9.17, 15) is 0 Å². The van der Waals surface area contributed by atoms with Gasteiger partial charge in [-0.15, -0.1) is 0 Å². The topological polar surface area (TPSA) is 107 Å². The van der Waals surface area contributed by atoms with E-state index in [0.717, 1.165) is 5.56 Å².